The van der Waals surface area contributed by atoms with Gasteiger partial charge in [0.05, 0.1) is 0 Å². The molecule has 0 fully saturated rings. The maximum Gasteiger partial charge on any atom is 0.262 e. The second-order valence-electron chi connectivity index (χ2n) is 6.73. The van der Waals surface area contributed by atoms with Gasteiger partial charge in [0.2, 0.25) is 0 Å². The monoisotopic (exact) mass is 335 g/mol. The first kappa shape index (κ1) is 18.5. The number of nitrogens with one attached hydrogen (secondary N) is 1. The summed E-state index contributed by atoms with van der Waals surface area (Å²) >= 11 is 0. The van der Waals surface area contributed by atoms with E-state index < -0.39 is 0 Å². The smallest absolute Gasteiger partial charge is 0.262 e. The van der Waals surface area contributed by atoms with Crippen LogP contribution in [0.5, 0.6) is 0 Å². The highest BCUT2D eigenvalue weighted by molar-refractivity contribution is 6.02. The van der Waals surface area contributed by atoms with E-state index in [2.05, 4.69) is 41.9 Å². The van der Waals surface area contributed by atoms with Crippen LogP contribution in [0.25, 0.3) is 11.8 Å². The molecule has 0 aliphatic heterocycles. The summed E-state index contributed by atoms with van der Waals surface area (Å²) in [5.41, 5.74) is 6.64. The topological polar surface area (TPSA) is 57.8 Å². The third-order valence-corrected chi connectivity index (χ3v) is 4.30. The molecule has 25 heavy (non-hydrogen) atoms. The average molecular weight is 335 g/mol. The highest BCUT2D eigenvalue weighted by atomic mass is 16.1. The molecule has 0 unspecified atom stereocenters. The first-order valence-electron chi connectivity index (χ1n) is 8.43. The summed E-state index contributed by atoms with van der Waals surface area (Å²) in [4.78, 5) is 12.1. The minimum absolute atomic E-state index is 0.00721. The van der Waals surface area contributed by atoms with E-state index in [0.717, 1.165) is 22.6 Å². The Hall–Kier alpha value is -2.80. The number of aryl methyl sites for hydroxylation is 3. The van der Waals surface area contributed by atoms with Gasteiger partial charge in [-0.3, -0.25) is 4.79 Å². The lowest BCUT2D eigenvalue weighted by Gasteiger charge is -2.12. The van der Waals surface area contributed by atoms with Gasteiger partial charge in [-0.25, -0.2) is 0 Å². The van der Waals surface area contributed by atoms with Crippen LogP contribution >= 0.6 is 0 Å². The number of amides is 1. The summed E-state index contributed by atoms with van der Waals surface area (Å²) in [5.74, 6) is -0.339. The second-order valence-corrected chi connectivity index (χ2v) is 6.73. The van der Waals surface area contributed by atoms with Crippen LogP contribution in [0.1, 0.15) is 41.9 Å². The Balaban J connectivity index is 2.48. The molecule has 0 atom stereocenters. The summed E-state index contributed by atoms with van der Waals surface area (Å²) < 4.78 is 2.15. The number of carbonyl (C=O) groups excluding carboxylic acids is 1. The molecule has 1 amide bonds. The van der Waals surface area contributed by atoms with Crippen molar-refractivity contribution in [2.24, 2.45) is 0 Å². The summed E-state index contributed by atoms with van der Waals surface area (Å²) in [7, 11) is 0. The number of aromatic nitrogens is 1. The van der Waals surface area contributed by atoms with E-state index in [1.807, 2.05) is 39.8 Å². The van der Waals surface area contributed by atoms with Gasteiger partial charge < -0.3 is 9.88 Å². The van der Waals surface area contributed by atoms with Crippen molar-refractivity contribution >= 4 is 12.0 Å². The predicted molar refractivity (Wildman–Crippen MR) is 102 cm³/mol. The summed E-state index contributed by atoms with van der Waals surface area (Å²) in [6.07, 6.45) is 1.66. The zero-order chi connectivity index (χ0) is 18.7. The molecule has 0 spiro atoms. The van der Waals surface area contributed by atoms with Gasteiger partial charge >= 0.3 is 0 Å². The Kier molecular flexibility index (Phi) is 5.48. The molecule has 2 rings (SSSR count). The van der Waals surface area contributed by atoms with Crippen molar-refractivity contribution in [2.75, 3.05) is 0 Å². The van der Waals surface area contributed by atoms with E-state index in [0.29, 0.717) is 0 Å². The van der Waals surface area contributed by atoms with Gasteiger partial charge in [-0.15, -0.1) is 0 Å². The van der Waals surface area contributed by atoms with Gasteiger partial charge in [0.15, 0.2) is 0 Å². The Morgan fingerprint density at radius 3 is 2.40 bits per heavy atom. The van der Waals surface area contributed by atoms with Gasteiger partial charge in [0, 0.05) is 23.1 Å². The fraction of sp³-hybridized carbons (Fsp3) is 0.333. The number of nitriles is 1. The maximum atomic E-state index is 12.1. The van der Waals surface area contributed by atoms with E-state index in [4.69, 9.17) is 0 Å². The van der Waals surface area contributed by atoms with Crippen molar-refractivity contribution in [3.05, 3.63) is 57.9 Å². The lowest BCUT2D eigenvalue weighted by Crippen LogP contribution is -2.30. The molecule has 4 nitrogen and oxygen atoms in total. The van der Waals surface area contributed by atoms with E-state index in [9.17, 15) is 10.1 Å². The van der Waals surface area contributed by atoms with Crippen molar-refractivity contribution in [2.45, 2.75) is 47.6 Å². The fourth-order valence-electron chi connectivity index (χ4n) is 2.84. The third-order valence-electron chi connectivity index (χ3n) is 4.30. The van der Waals surface area contributed by atoms with Gasteiger partial charge in [-0.05, 0) is 82.5 Å². The van der Waals surface area contributed by atoms with E-state index in [-0.39, 0.29) is 17.5 Å². The first-order chi connectivity index (χ1) is 11.7. The molecule has 0 aliphatic carbocycles. The summed E-state index contributed by atoms with van der Waals surface area (Å²) in [5, 5.41) is 12.1. The molecule has 1 aromatic heterocycles. The molecule has 2 aromatic rings. The molecular weight excluding hydrogens is 310 g/mol. The van der Waals surface area contributed by atoms with Crippen LogP contribution in [0, 0.1) is 39.0 Å². The Morgan fingerprint density at radius 2 is 1.84 bits per heavy atom. The van der Waals surface area contributed by atoms with Crippen molar-refractivity contribution in [3.63, 3.8) is 0 Å². The van der Waals surface area contributed by atoms with Crippen molar-refractivity contribution < 1.29 is 4.79 Å². The van der Waals surface area contributed by atoms with Gasteiger partial charge in [0.25, 0.3) is 5.91 Å². The minimum Gasteiger partial charge on any atom is -0.349 e. The molecule has 0 radical (unpaired) electrons. The van der Waals surface area contributed by atoms with E-state index in [1.54, 1.807) is 6.08 Å². The molecule has 0 saturated carbocycles. The van der Waals surface area contributed by atoms with Crippen LogP contribution in [0.3, 0.4) is 0 Å². The van der Waals surface area contributed by atoms with Crippen LogP contribution in [0.2, 0.25) is 0 Å². The van der Waals surface area contributed by atoms with Crippen LogP contribution in [-0.4, -0.2) is 16.5 Å². The molecule has 1 aromatic carbocycles. The zero-order valence-corrected chi connectivity index (χ0v) is 15.8. The second kappa shape index (κ2) is 7.40. The van der Waals surface area contributed by atoms with Crippen molar-refractivity contribution in [1.82, 2.24) is 9.88 Å². The highest BCUT2D eigenvalue weighted by Gasteiger charge is 2.14. The van der Waals surface area contributed by atoms with Gasteiger partial charge in [-0.1, -0.05) is 6.07 Å². The fourth-order valence-corrected chi connectivity index (χ4v) is 2.84. The molecule has 4 heteroatoms. The molecular formula is C21H25N3O. The Labute approximate surface area is 149 Å². The first-order valence-corrected chi connectivity index (χ1v) is 8.43. The number of rotatable bonds is 4. The lowest BCUT2D eigenvalue weighted by molar-refractivity contribution is -0.117. The third kappa shape index (κ3) is 4.00. The van der Waals surface area contributed by atoms with Crippen molar-refractivity contribution in [1.29, 1.82) is 5.26 Å². The van der Waals surface area contributed by atoms with Gasteiger partial charge in [-0.2, -0.15) is 5.26 Å². The SMILES string of the molecule is Cc1ccc(-n2c(C)cc(/C=C(/C#N)C(=O)NC(C)C)c2C)cc1C. The Bertz CT molecular complexity index is 879. The van der Waals surface area contributed by atoms with Gasteiger partial charge in [0.1, 0.15) is 11.6 Å². The maximum absolute atomic E-state index is 12.1. The molecule has 0 saturated heterocycles. The standard InChI is InChI=1S/C21H25N3O/c1-13(2)23-21(25)19(12-22)11-18-10-16(5)24(17(18)6)20-8-7-14(3)15(4)9-20/h7-11,13H,1-6H3,(H,23,25)/b19-11-. The van der Waals surface area contributed by atoms with E-state index in [1.165, 1.54) is 11.1 Å². The largest absolute Gasteiger partial charge is 0.349 e. The molecule has 1 heterocycles. The molecule has 0 bridgehead atoms. The molecule has 0 aliphatic rings. The number of hydrogen-bond donors (Lipinski definition) is 1. The zero-order valence-electron chi connectivity index (χ0n) is 15.8. The number of carbonyl (C=O) groups is 1. The minimum atomic E-state index is -0.339. The summed E-state index contributed by atoms with van der Waals surface area (Å²) in [6, 6.07) is 10.4. The van der Waals surface area contributed by atoms with E-state index >= 15 is 0 Å². The normalized spacial score (nSPS) is 11.5. The van der Waals surface area contributed by atoms with Crippen LogP contribution in [0.4, 0.5) is 0 Å². The number of hydrogen-bond acceptors (Lipinski definition) is 2. The Morgan fingerprint density at radius 1 is 1.16 bits per heavy atom. The number of nitrogens with zero attached hydrogens (tertiary/aromatic N) is 2. The number of benzene rings is 1. The lowest BCUT2D eigenvalue weighted by atomic mass is 10.1. The van der Waals surface area contributed by atoms with Crippen LogP contribution in [-0.2, 0) is 4.79 Å². The quantitative estimate of drug-likeness (QED) is 0.674. The summed E-state index contributed by atoms with van der Waals surface area (Å²) in [6.45, 7) is 12.0. The predicted octanol–water partition coefficient (Wildman–Crippen LogP) is 4.14. The van der Waals surface area contributed by atoms with Crippen LogP contribution < -0.4 is 5.32 Å². The van der Waals surface area contributed by atoms with Crippen LogP contribution in [0.15, 0.2) is 29.8 Å². The molecule has 130 valence electrons. The van der Waals surface area contributed by atoms with Crippen molar-refractivity contribution in [3.8, 4) is 11.8 Å². The highest BCUT2D eigenvalue weighted by Crippen LogP contribution is 2.24. The average Bonchev–Trinajstić information content (AvgIpc) is 2.81. The molecule has 1 N–H and O–H groups in total.